The zero-order valence-corrected chi connectivity index (χ0v) is 15.5. The Kier molecular flexibility index (Phi) is 5.07. The van der Waals surface area contributed by atoms with Crippen LogP contribution in [0.4, 0.5) is 0 Å². The molecule has 0 bridgehead atoms. The Balaban J connectivity index is 1.35. The number of hydrogen-bond donors (Lipinski definition) is 2. The summed E-state index contributed by atoms with van der Waals surface area (Å²) in [6, 6.07) is 12.3. The highest BCUT2D eigenvalue weighted by molar-refractivity contribution is 5.78. The fourth-order valence-electron chi connectivity index (χ4n) is 3.50. The maximum Gasteiger partial charge on any atom is 0.222 e. The third kappa shape index (κ3) is 4.11. The molecule has 0 unspecified atom stereocenters. The largest absolute Gasteiger partial charge is 0.460 e. The van der Waals surface area contributed by atoms with Crippen LogP contribution in [0, 0.1) is 6.92 Å². The number of carbonyl (C=O) groups excluding carboxylic acids is 1. The predicted molar refractivity (Wildman–Crippen MR) is 103 cm³/mol. The van der Waals surface area contributed by atoms with Crippen molar-refractivity contribution in [3.63, 3.8) is 0 Å². The summed E-state index contributed by atoms with van der Waals surface area (Å²) in [5, 5.41) is 10.6. The number of hydrogen-bond acceptors (Lipinski definition) is 4. The molecule has 4 rings (SSSR count). The number of amides is 1. The molecule has 0 atom stereocenters. The molecule has 27 heavy (non-hydrogen) atoms. The van der Waals surface area contributed by atoms with Crippen LogP contribution in [-0.2, 0) is 24.4 Å². The SMILES string of the molecule is Cc1ccc(-c2[nH]ncc2CNCc2cccc(CN3CCCC3=O)c2)o1. The molecule has 1 fully saturated rings. The van der Waals surface area contributed by atoms with Crippen LogP contribution in [0.5, 0.6) is 0 Å². The molecule has 2 aromatic heterocycles. The average molecular weight is 364 g/mol. The van der Waals surface area contributed by atoms with Crippen LogP contribution in [0.25, 0.3) is 11.5 Å². The molecule has 1 amide bonds. The molecule has 6 nitrogen and oxygen atoms in total. The lowest BCUT2D eigenvalue weighted by atomic mass is 10.1. The van der Waals surface area contributed by atoms with Gasteiger partial charge in [-0.3, -0.25) is 9.89 Å². The number of carbonyl (C=O) groups is 1. The maximum atomic E-state index is 11.8. The summed E-state index contributed by atoms with van der Waals surface area (Å²) in [5.41, 5.74) is 4.37. The van der Waals surface area contributed by atoms with E-state index in [4.69, 9.17) is 4.42 Å². The number of furan rings is 1. The number of nitrogens with one attached hydrogen (secondary N) is 2. The van der Waals surface area contributed by atoms with E-state index in [1.165, 1.54) is 11.1 Å². The number of rotatable bonds is 7. The van der Waals surface area contributed by atoms with Gasteiger partial charge in [0.05, 0.1) is 6.20 Å². The Hall–Kier alpha value is -2.86. The van der Waals surface area contributed by atoms with Gasteiger partial charge in [-0.15, -0.1) is 0 Å². The van der Waals surface area contributed by atoms with E-state index in [-0.39, 0.29) is 5.91 Å². The molecule has 1 aromatic carbocycles. The first-order valence-corrected chi connectivity index (χ1v) is 9.34. The van der Waals surface area contributed by atoms with Crippen molar-refractivity contribution < 1.29 is 9.21 Å². The Bertz CT molecular complexity index is 928. The Labute approximate surface area is 158 Å². The molecule has 3 heterocycles. The molecule has 0 saturated carbocycles. The van der Waals surface area contributed by atoms with Gasteiger partial charge in [0.2, 0.25) is 5.91 Å². The van der Waals surface area contributed by atoms with Crippen LogP contribution in [0.3, 0.4) is 0 Å². The number of benzene rings is 1. The van der Waals surface area contributed by atoms with Crippen LogP contribution in [-0.4, -0.2) is 27.5 Å². The highest BCUT2D eigenvalue weighted by Gasteiger charge is 2.19. The van der Waals surface area contributed by atoms with Gasteiger partial charge in [-0.05, 0) is 36.6 Å². The summed E-state index contributed by atoms with van der Waals surface area (Å²) in [4.78, 5) is 13.8. The van der Waals surface area contributed by atoms with E-state index >= 15 is 0 Å². The summed E-state index contributed by atoms with van der Waals surface area (Å²) in [6.45, 7) is 4.96. The van der Waals surface area contributed by atoms with Gasteiger partial charge in [0.1, 0.15) is 11.5 Å². The van der Waals surface area contributed by atoms with Gasteiger partial charge >= 0.3 is 0 Å². The van der Waals surface area contributed by atoms with Gasteiger partial charge in [0, 0.05) is 38.2 Å². The third-order valence-electron chi connectivity index (χ3n) is 4.89. The fourth-order valence-corrected chi connectivity index (χ4v) is 3.50. The van der Waals surface area contributed by atoms with Crippen molar-refractivity contribution in [2.24, 2.45) is 0 Å². The van der Waals surface area contributed by atoms with Crippen LogP contribution >= 0.6 is 0 Å². The van der Waals surface area contributed by atoms with Crippen molar-refractivity contribution in [2.75, 3.05) is 6.54 Å². The van der Waals surface area contributed by atoms with Gasteiger partial charge in [-0.2, -0.15) is 5.10 Å². The smallest absolute Gasteiger partial charge is 0.222 e. The molecule has 0 radical (unpaired) electrons. The normalized spacial score (nSPS) is 14.3. The van der Waals surface area contributed by atoms with Gasteiger partial charge in [-0.1, -0.05) is 24.3 Å². The molecule has 0 aliphatic carbocycles. The molecule has 6 heteroatoms. The van der Waals surface area contributed by atoms with Crippen molar-refractivity contribution >= 4 is 5.91 Å². The Morgan fingerprint density at radius 2 is 2.11 bits per heavy atom. The minimum absolute atomic E-state index is 0.263. The lowest BCUT2D eigenvalue weighted by Gasteiger charge is -2.16. The predicted octanol–water partition coefficient (Wildman–Crippen LogP) is 3.39. The average Bonchev–Trinajstić information content (AvgIpc) is 3.38. The second-order valence-electron chi connectivity index (χ2n) is 7.02. The number of nitrogens with zero attached hydrogens (tertiary/aromatic N) is 2. The summed E-state index contributed by atoms with van der Waals surface area (Å²) < 4.78 is 5.69. The van der Waals surface area contributed by atoms with Crippen molar-refractivity contribution in [3.8, 4) is 11.5 Å². The van der Waals surface area contributed by atoms with E-state index in [1.807, 2.05) is 30.2 Å². The van der Waals surface area contributed by atoms with Crippen molar-refractivity contribution in [1.82, 2.24) is 20.4 Å². The first-order valence-electron chi connectivity index (χ1n) is 9.34. The molecule has 3 aromatic rings. The Morgan fingerprint density at radius 3 is 2.89 bits per heavy atom. The molecule has 2 N–H and O–H groups in total. The monoisotopic (exact) mass is 364 g/mol. The van der Waals surface area contributed by atoms with E-state index in [2.05, 4.69) is 39.8 Å². The Morgan fingerprint density at radius 1 is 1.22 bits per heavy atom. The van der Waals surface area contributed by atoms with E-state index in [9.17, 15) is 4.79 Å². The van der Waals surface area contributed by atoms with E-state index < -0.39 is 0 Å². The highest BCUT2D eigenvalue weighted by Crippen LogP contribution is 2.23. The summed E-state index contributed by atoms with van der Waals surface area (Å²) in [6.07, 6.45) is 3.49. The minimum Gasteiger partial charge on any atom is -0.460 e. The maximum absolute atomic E-state index is 11.8. The minimum atomic E-state index is 0.263. The summed E-state index contributed by atoms with van der Waals surface area (Å²) in [7, 11) is 0. The van der Waals surface area contributed by atoms with Gasteiger partial charge in [-0.25, -0.2) is 0 Å². The topological polar surface area (TPSA) is 74.2 Å². The van der Waals surface area contributed by atoms with E-state index in [0.29, 0.717) is 19.5 Å². The van der Waals surface area contributed by atoms with Gasteiger partial charge < -0.3 is 14.6 Å². The number of aromatic nitrogens is 2. The first-order chi connectivity index (χ1) is 13.2. The first kappa shape index (κ1) is 17.5. The van der Waals surface area contributed by atoms with Crippen LogP contribution in [0.2, 0.25) is 0 Å². The van der Waals surface area contributed by atoms with E-state index in [0.717, 1.165) is 42.3 Å². The summed E-state index contributed by atoms with van der Waals surface area (Å²) >= 11 is 0. The number of likely N-dealkylation sites (tertiary alicyclic amines) is 1. The summed E-state index contributed by atoms with van der Waals surface area (Å²) in [5.74, 6) is 1.95. The van der Waals surface area contributed by atoms with Gasteiger partial charge in [0.25, 0.3) is 0 Å². The molecule has 1 saturated heterocycles. The fraction of sp³-hybridized carbons (Fsp3) is 0.333. The van der Waals surface area contributed by atoms with Crippen LogP contribution in [0.1, 0.15) is 35.3 Å². The molecular weight excluding hydrogens is 340 g/mol. The number of H-pyrrole nitrogens is 1. The quantitative estimate of drug-likeness (QED) is 0.674. The van der Waals surface area contributed by atoms with Gasteiger partial charge in [0.15, 0.2) is 5.76 Å². The molecular formula is C21H24N4O2. The van der Waals surface area contributed by atoms with Crippen molar-refractivity contribution in [3.05, 3.63) is 65.0 Å². The zero-order chi connectivity index (χ0) is 18.6. The molecule has 0 spiro atoms. The number of aromatic amines is 1. The second-order valence-corrected chi connectivity index (χ2v) is 7.02. The van der Waals surface area contributed by atoms with Crippen molar-refractivity contribution in [1.29, 1.82) is 0 Å². The molecule has 1 aliphatic heterocycles. The lowest BCUT2D eigenvalue weighted by molar-refractivity contribution is -0.128. The standard InChI is InChI=1S/C21H24N4O2/c1-15-7-8-19(27-15)21-18(13-23-24-21)12-22-11-16-4-2-5-17(10-16)14-25-9-3-6-20(25)26/h2,4-5,7-8,10,13,22H,3,6,9,11-12,14H2,1H3,(H,23,24). The molecule has 140 valence electrons. The zero-order valence-electron chi connectivity index (χ0n) is 15.5. The number of aryl methyl sites for hydroxylation is 1. The van der Waals surface area contributed by atoms with Crippen LogP contribution < -0.4 is 5.32 Å². The van der Waals surface area contributed by atoms with Crippen LogP contribution in [0.15, 0.2) is 47.0 Å². The van der Waals surface area contributed by atoms with E-state index in [1.54, 1.807) is 0 Å². The highest BCUT2D eigenvalue weighted by atomic mass is 16.3. The molecule has 1 aliphatic rings. The second kappa shape index (κ2) is 7.80. The lowest BCUT2D eigenvalue weighted by Crippen LogP contribution is -2.23. The third-order valence-corrected chi connectivity index (χ3v) is 4.89. The van der Waals surface area contributed by atoms with Crippen molar-refractivity contribution in [2.45, 2.75) is 39.4 Å².